The summed E-state index contributed by atoms with van der Waals surface area (Å²) in [5, 5.41) is 2.08. The highest BCUT2D eigenvalue weighted by Gasteiger charge is 2.08. The minimum atomic E-state index is 0.940. The van der Waals surface area contributed by atoms with Gasteiger partial charge in [-0.15, -0.1) is 0 Å². The third-order valence-electron chi connectivity index (χ3n) is 4.13. The summed E-state index contributed by atoms with van der Waals surface area (Å²) >= 11 is 3.97. The van der Waals surface area contributed by atoms with Crippen LogP contribution < -0.4 is 0 Å². The van der Waals surface area contributed by atoms with E-state index in [-0.39, 0.29) is 0 Å². The van der Waals surface area contributed by atoms with Gasteiger partial charge in [0.25, 0.3) is 0 Å². The van der Waals surface area contributed by atoms with Crippen molar-refractivity contribution in [3.63, 3.8) is 0 Å². The molecule has 0 atom stereocenters. The van der Waals surface area contributed by atoms with Gasteiger partial charge < -0.3 is 0 Å². The van der Waals surface area contributed by atoms with Gasteiger partial charge in [-0.25, -0.2) is 4.98 Å². The van der Waals surface area contributed by atoms with Crippen LogP contribution >= 0.6 is 34.4 Å². The second-order valence-electron chi connectivity index (χ2n) is 6.23. The molecule has 0 saturated heterocycles. The van der Waals surface area contributed by atoms with E-state index in [1.807, 2.05) is 30.5 Å². The quantitative estimate of drug-likeness (QED) is 0.231. The maximum Gasteiger partial charge on any atom is 0.110 e. The van der Waals surface area contributed by atoms with Crippen LogP contribution in [0.2, 0.25) is 0 Å². The number of halogens is 1. The van der Waals surface area contributed by atoms with Gasteiger partial charge in [0.05, 0.1) is 11.2 Å². The van der Waals surface area contributed by atoms with Crippen LogP contribution in [0.25, 0.3) is 10.9 Å². The number of hydrogen-bond donors (Lipinski definition) is 0. The van der Waals surface area contributed by atoms with Gasteiger partial charge in [-0.2, -0.15) is 0 Å². The lowest BCUT2D eigenvalue weighted by atomic mass is 10.2. The summed E-state index contributed by atoms with van der Waals surface area (Å²) in [6, 6.07) is 27.1. The van der Waals surface area contributed by atoms with Gasteiger partial charge in [-0.05, 0) is 78.0 Å². The summed E-state index contributed by atoms with van der Waals surface area (Å²) in [5.41, 5.74) is 4.22. The lowest BCUT2D eigenvalue weighted by molar-refractivity contribution is 1.17. The molecule has 27 heavy (non-hydrogen) atoms. The molecule has 2 nitrogen and oxygen atoms in total. The van der Waals surface area contributed by atoms with E-state index in [2.05, 4.69) is 89.1 Å². The molecule has 0 spiro atoms. The van der Waals surface area contributed by atoms with E-state index in [4.69, 9.17) is 4.98 Å². The molecule has 4 heteroatoms. The van der Waals surface area contributed by atoms with Crippen molar-refractivity contribution in [1.29, 1.82) is 0 Å². The number of pyridine rings is 1. The maximum atomic E-state index is 4.89. The number of nitrogens with zero attached hydrogens (tertiary/aromatic N) is 2. The fourth-order valence-corrected chi connectivity index (χ4v) is 3.91. The molecule has 0 amide bonds. The third-order valence-corrected chi connectivity index (χ3v) is 5.88. The number of rotatable bonds is 4. The lowest BCUT2D eigenvalue weighted by Crippen LogP contribution is -1.92. The Labute approximate surface area is 176 Å². The van der Waals surface area contributed by atoms with Gasteiger partial charge in [0.15, 0.2) is 0 Å². The summed E-state index contributed by atoms with van der Waals surface area (Å²) < 4.78 is 1.20. The zero-order chi connectivity index (χ0) is 18.6. The van der Waals surface area contributed by atoms with Gasteiger partial charge in [0, 0.05) is 25.6 Å². The first-order chi connectivity index (χ1) is 13.2. The Kier molecular flexibility index (Phi) is 5.55. The Balaban J connectivity index is 1.74. The molecule has 0 unspecified atom stereocenters. The van der Waals surface area contributed by atoms with Crippen molar-refractivity contribution >= 4 is 57.2 Å². The highest BCUT2D eigenvalue weighted by molar-refractivity contribution is 14.1. The van der Waals surface area contributed by atoms with Crippen molar-refractivity contribution in [2.75, 3.05) is 0 Å². The average molecular weight is 480 g/mol. The van der Waals surface area contributed by atoms with E-state index in [0.29, 0.717) is 0 Å². The van der Waals surface area contributed by atoms with Crippen LogP contribution in [0.5, 0.6) is 0 Å². The number of hydrogen-bond acceptors (Lipinski definition) is 3. The fourth-order valence-electron chi connectivity index (χ4n) is 2.68. The highest BCUT2D eigenvalue weighted by atomic mass is 127. The standard InChI is InChI=1S/C23H17IN2S/c1-16-6-12-21(13-7-16)27-23-18(14-17-4-2-3-5-22(17)26-23)15-25-20-10-8-19(24)9-11-20/h2-15H,1H3. The minimum absolute atomic E-state index is 0.940. The normalized spacial score (nSPS) is 11.3. The Hall–Kier alpha value is -2.18. The molecule has 0 bridgehead atoms. The van der Waals surface area contributed by atoms with Crippen LogP contribution in [0.4, 0.5) is 5.69 Å². The summed E-state index contributed by atoms with van der Waals surface area (Å²) in [4.78, 5) is 10.7. The molecule has 0 radical (unpaired) electrons. The molecule has 0 saturated carbocycles. The number of para-hydroxylation sites is 1. The highest BCUT2D eigenvalue weighted by Crippen LogP contribution is 2.31. The zero-order valence-corrected chi connectivity index (χ0v) is 17.7. The third kappa shape index (κ3) is 4.57. The van der Waals surface area contributed by atoms with E-state index >= 15 is 0 Å². The molecular formula is C23H17IN2S. The van der Waals surface area contributed by atoms with Crippen molar-refractivity contribution in [3.05, 3.63) is 93.6 Å². The smallest absolute Gasteiger partial charge is 0.110 e. The number of fused-ring (bicyclic) bond motifs is 1. The van der Waals surface area contributed by atoms with Crippen LogP contribution in [0, 0.1) is 10.5 Å². The Morgan fingerprint density at radius 1 is 0.926 bits per heavy atom. The van der Waals surface area contributed by atoms with Crippen molar-refractivity contribution in [3.8, 4) is 0 Å². The molecule has 3 aromatic carbocycles. The van der Waals surface area contributed by atoms with E-state index in [1.54, 1.807) is 11.8 Å². The fraction of sp³-hybridized carbons (Fsp3) is 0.0435. The molecule has 1 aromatic heterocycles. The monoisotopic (exact) mass is 480 g/mol. The summed E-state index contributed by atoms with van der Waals surface area (Å²) in [7, 11) is 0. The van der Waals surface area contributed by atoms with Crippen LogP contribution in [-0.4, -0.2) is 11.2 Å². The second-order valence-corrected chi connectivity index (χ2v) is 8.53. The van der Waals surface area contributed by atoms with Gasteiger partial charge in [0.2, 0.25) is 0 Å². The first kappa shape index (κ1) is 18.2. The van der Waals surface area contributed by atoms with E-state index in [9.17, 15) is 0 Å². The van der Waals surface area contributed by atoms with E-state index in [1.165, 1.54) is 14.0 Å². The topological polar surface area (TPSA) is 25.2 Å². The van der Waals surface area contributed by atoms with Crippen LogP contribution in [0.15, 0.2) is 93.8 Å². The average Bonchev–Trinajstić information content (AvgIpc) is 2.69. The van der Waals surface area contributed by atoms with Gasteiger partial charge in [-0.3, -0.25) is 4.99 Å². The summed E-state index contributed by atoms with van der Waals surface area (Å²) in [5.74, 6) is 0. The zero-order valence-electron chi connectivity index (χ0n) is 14.8. The molecule has 4 rings (SSSR count). The minimum Gasteiger partial charge on any atom is -0.256 e. The van der Waals surface area contributed by atoms with Gasteiger partial charge in [0.1, 0.15) is 5.03 Å². The van der Waals surface area contributed by atoms with Crippen molar-refractivity contribution in [1.82, 2.24) is 4.98 Å². The molecular weight excluding hydrogens is 463 g/mol. The first-order valence-corrected chi connectivity index (χ1v) is 10.5. The van der Waals surface area contributed by atoms with Crippen LogP contribution in [-0.2, 0) is 0 Å². The van der Waals surface area contributed by atoms with Gasteiger partial charge >= 0.3 is 0 Å². The Morgan fingerprint density at radius 3 is 2.44 bits per heavy atom. The number of aromatic nitrogens is 1. The van der Waals surface area contributed by atoms with Crippen LogP contribution in [0.1, 0.15) is 11.1 Å². The number of benzene rings is 3. The van der Waals surface area contributed by atoms with Crippen molar-refractivity contribution < 1.29 is 0 Å². The predicted molar refractivity (Wildman–Crippen MR) is 123 cm³/mol. The largest absolute Gasteiger partial charge is 0.256 e. The summed E-state index contributed by atoms with van der Waals surface area (Å²) in [6.07, 6.45) is 1.91. The SMILES string of the molecule is Cc1ccc(Sc2nc3ccccc3cc2C=Nc2ccc(I)cc2)cc1. The number of aliphatic imine (C=N–C) groups is 1. The van der Waals surface area contributed by atoms with E-state index < -0.39 is 0 Å². The van der Waals surface area contributed by atoms with Gasteiger partial charge in [-0.1, -0.05) is 47.7 Å². The maximum absolute atomic E-state index is 4.89. The number of aryl methyl sites for hydroxylation is 1. The summed E-state index contributed by atoms with van der Waals surface area (Å²) in [6.45, 7) is 2.10. The Bertz CT molecular complexity index is 1100. The molecule has 0 fully saturated rings. The van der Waals surface area contributed by atoms with E-state index in [0.717, 1.165) is 27.2 Å². The molecule has 1 heterocycles. The molecule has 0 N–H and O–H groups in total. The first-order valence-electron chi connectivity index (χ1n) is 8.61. The second kappa shape index (κ2) is 8.23. The molecule has 0 aliphatic heterocycles. The molecule has 4 aromatic rings. The van der Waals surface area contributed by atoms with Crippen molar-refractivity contribution in [2.24, 2.45) is 4.99 Å². The predicted octanol–water partition coefficient (Wildman–Crippen LogP) is 7.05. The lowest BCUT2D eigenvalue weighted by Gasteiger charge is -2.08. The van der Waals surface area contributed by atoms with Crippen molar-refractivity contribution in [2.45, 2.75) is 16.8 Å². The molecule has 0 aliphatic rings. The molecule has 0 aliphatic carbocycles. The Morgan fingerprint density at radius 2 is 1.67 bits per heavy atom. The van der Waals surface area contributed by atoms with Crippen LogP contribution in [0.3, 0.4) is 0 Å². The molecule has 132 valence electrons.